The van der Waals surface area contributed by atoms with Crippen molar-refractivity contribution < 1.29 is 19.1 Å². The van der Waals surface area contributed by atoms with Crippen molar-refractivity contribution in [2.45, 2.75) is 59.1 Å². The number of hydrogen-bond donors (Lipinski definition) is 2. The Morgan fingerprint density at radius 1 is 1.28 bits per heavy atom. The number of para-hydroxylation sites is 1. The molecular weight excluding hydrogens is 460 g/mol. The number of benzene rings is 1. The molecule has 2 N–H and O–H groups in total. The summed E-state index contributed by atoms with van der Waals surface area (Å²) in [6, 6.07) is 6.06. The van der Waals surface area contributed by atoms with E-state index in [1.807, 2.05) is 45.9 Å². The molecular formula is C26H38N6O4. The van der Waals surface area contributed by atoms with E-state index < -0.39 is 5.60 Å². The largest absolute Gasteiger partial charge is 0.447 e. The number of aryl methyl sites for hydroxylation is 1. The van der Waals surface area contributed by atoms with E-state index in [1.54, 1.807) is 11.9 Å². The lowest BCUT2D eigenvalue weighted by Gasteiger charge is -2.32. The molecule has 1 aromatic carbocycles. The number of nitrogens with zero attached hydrogens (tertiary/aromatic N) is 4. The molecule has 1 aromatic heterocycles. The molecule has 1 atom stereocenters. The van der Waals surface area contributed by atoms with Gasteiger partial charge in [-0.2, -0.15) is 4.98 Å². The van der Waals surface area contributed by atoms with Crippen molar-refractivity contribution in [3.05, 3.63) is 23.8 Å². The summed E-state index contributed by atoms with van der Waals surface area (Å²) in [5.74, 6) is 1.38. The molecule has 10 heteroatoms. The maximum absolute atomic E-state index is 12.5. The first kappa shape index (κ1) is 25.8. The van der Waals surface area contributed by atoms with Gasteiger partial charge in [0.25, 0.3) is 0 Å². The second-order valence-corrected chi connectivity index (χ2v) is 11.9. The molecule has 0 aliphatic carbocycles. The van der Waals surface area contributed by atoms with E-state index in [0.717, 1.165) is 35.2 Å². The minimum Gasteiger partial charge on any atom is -0.447 e. The molecule has 3 heterocycles. The van der Waals surface area contributed by atoms with Crippen LogP contribution in [-0.4, -0.2) is 78.0 Å². The highest BCUT2D eigenvalue weighted by molar-refractivity contribution is 5.92. The Morgan fingerprint density at radius 2 is 2.03 bits per heavy atom. The molecule has 1 unspecified atom stereocenters. The molecule has 2 amide bonds. The highest BCUT2D eigenvalue weighted by atomic mass is 16.6. The number of hydrogen-bond acceptors (Lipinski definition) is 8. The number of aromatic nitrogens is 2. The van der Waals surface area contributed by atoms with E-state index in [-0.39, 0.29) is 23.1 Å². The standard InChI is InChI=1S/C26H38N6O4/c1-17-9-8-10-18-19(17)28-21(32-12-11-26(15-32)16-35-22(33)30-26)29-20(18)27-13-25(5,6)14-31(7)23(34)36-24(2,3)4/h8-10H,11-16H2,1-7H3,(H,30,33)(H,27,28,29). The number of carbonyl (C=O) groups excluding carboxylic acids is 2. The van der Waals surface area contributed by atoms with Crippen LogP contribution in [0.4, 0.5) is 21.4 Å². The number of carbonyl (C=O) groups is 2. The maximum atomic E-state index is 12.5. The lowest BCUT2D eigenvalue weighted by atomic mass is 9.93. The molecule has 36 heavy (non-hydrogen) atoms. The minimum absolute atomic E-state index is 0.254. The van der Waals surface area contributed by atoms with Crippen LogP contribution in [0, 0.1) is 12.3 Å². The fraction of sp³-hybridized carbons (Fsp3) is 0.615. The predicted molar refractivity (Wildman–Crippen MR) is 139 cm³/mol. The Morgan fingerprint density at radius 3 is 2.69 bits per heavy atom. The van der Waals surface area contributed by atoms with Gasteiger partial charge in [0.15, 0.2) is 0 Å². The van der Waals surface area contributed by atoms with Crippen LogP contribution >= 0.6 is 0 Å². The number of anilines is 2. The van der Waals surface area contributed by atoms with Crippen molar-refractivity contribution in [1.29, 1.82) is 0 Å². The summed E-state index contributed by atoms with van der Waals surface area (Å²) in [7, 11) is 1.76. The van der Waals surface area contributed by atoms with Crippen molar-refractivity contribution in [2.24, 2.45) is 5.41 Å². The molecule has 4 rings (SSSR count). The van der Waals surface area contributed by atoms with Crippen LogP contribution in [0.15, 0.2) is 18.2 Å². The topological polar surface area (TPSA) is 109 Å². The number of nitrogens with one attached hydrogen (secondary N) is 2. The molecule has 2 aliphatic rings. The first-order valence-corrected chi connectivity index (χ1v) is 12.4. The van der Waals surface area contributed by atoms with Gasteiger partial charge in [-0.15, -0.1) is 0 Å². The summed E-state index contributed by atoms with van der Waals surface area (Å²) in [5.41, 5.74) is 0.776. The fourth-order valence-corrected chi connectivity index (χ4v) is 4.74. The molecule has 10 nitrogen and oxygen atoms in total. The smallest absolute Gasteiger partial charge is 0.410 e. The number of rotatable bonds is 6. The summed E-state index contributed by atoms with van der Waals surface area (Å²) >= 11 is 0. The highest BCUT2D eigenvalue weighted by Gasteiger charge is 2.46. The van der Waals surface area contributed by atoms with E-state index in [4.69, 9.17) is 19.4 Å². The van der Waals surface area contributed by atoms with Crippen molar-refractivity contribution in [1.82, 2.24) is 20.2 Å². The second-order valence-electron chi connectivity index (χ2n) is 11.9. The van der Waals surface area contributed by atoms with Gasteiger partial charge in [0.2, 0.25) is 5.95 Å². The summed E-state index contributed by atoms with van der Waals surface area (Å²) in [6.45, 7) is 14.6. The van der Waals surface area contributed by atoms with Crippen LogP contribution in [0.5, 0.6) is 0 Å². The third-order valence-corrected chi connectivity index (χ3v) is 6.50. The average Bonchev–Trinajstić information content (AvgIpc) is 3.36. The molecule has 2 saturated heterocycles. The van der Waals surface area contributed by atoms with Gasteiger partial charge in [0, 0.05) is 38.6 Å². The summed E-state index contributed by atoms with van der Waals surface area (Å²) in [4.78, 5) is 37.6. The van der Waals surface area contributed by atoms with E-state index in [9.17, 15) is 9.59 Å². The molecule has 0 saturated carbocycles. The van der Waals surface area contributed by atoms with Crippen LogP contribution in [0.2, 0.25) is 0 Å². The van der Waals surface area contributed by atoms with Crippen molar-refractivity contribution in [3.8, 4) is 0 Å². The van der Waals surface area contributed by atoms with Gasteiger partial charge in [-0.1, -0.05) is 26.0 Å². The molecule has 0 bridgehead atoms. The van der Waals surface area contributed by atoms with Gasteiger partial charge in [-0.3, -0.25) is 0 Å². The molecule has 1 spiro atoms. The first-order valence-electron chi connectivity index (χ1n) is 12.4. The number of alkyl carbamates (subject to hydrolysis) is 1. The number of ether oxygens (including phenoxy) is 2. The normalized spacial score (nSPS) is 20.0. The average molecular weight is 499 g/mol. The van der Waals surface area contributed by atoms with E-state index in [1.165, 1.54) is 0 Å². The van der Waals surface area contributed by atoms with Crippen LogP contribution in [0.1, 0.15) is 46.6 Å². The van der Waals surface area contributed by atoms with Gasteiger partial charge < -0.3 is 29.9 Å². The Bertz CT molecular complexity index is 1160. The van der Waals surface area contributed by atoms with Gasteiger partial charge >= 0.3 is 12.2 Å². The SMILES string of the molecule is Cc1cccc2c(NCC(C)(C)CN(C)C(=O)OC(C)(C)C)nc(N3CCC4(COC(=O)N4)C3)nc12. The van der Waals surface area contributed by atoms with Crippen molar-refractivity contribution >= 4 is 34.9 Å². The van der Waals surface area contributed by atoms with Crippen molar-refractivity contribution in [3.63, 3.8) is 0 Å². The summed E-state index contributed by atoms with van der Waals surface area (Å²) in [6.07, 6.45) is 0.0701. The first-order chi connectivity index (χ1) is 16.8. The Kier molecular flexibility index (Phi) is 6.66. The monoisotopic (exact) mass is 498 g/mol. The summed E-state index contributed by atoms with van der Waals surface area (Å²) < 4.78 is 10.7. The Balaban J connectivity index is 1.53. The zero-order valence-electron chi connectivity index (χ0n) is 22.4. The van der Waals surface area contributed by atoms with Gasteiger partial charge in [-0.05, 0) is 51.2 Å². The Labute approximate surface area is 212 Å². The molecule has 2 aromatic rings. The van der Waals surface area contributed by atoms with Gasteiger partial charge in [0.1, 0.15) is 18.0 Å². The zero-order valence-corrected chi connectivity index (χ0v) is 22.4. The fourth-order valence-electron chi connectivity index (χ4n) is 4.74. The number of fused-ring (bicyclic) bond motifs is 1. The number of amides is 2. The second kappa shape index (κ2) is 9.29. The van der Waals surface area contributed by atoms with Crippen LogP contribution in [0.3, 0.4) is 0 Å². The quantitative estimate of drug-likeness (QED) is 0.617. The lowest BCUT2D eigenvalue weighted by molar-refractivity contribution is 0.0243. The van der Waals surface area contributed by atoms with E-state index in [0.29, 0.717) is 32.2 Å². The maximum Gasteiger partial charge on any atom is 0.410 e. The van der Waals surface area contributed by atoms with Crippen molar-refractivity contribution in [2.75, 3.05) is 50.1 Å². The zero-order chi connectivity index (χ0) is 26.3. The lowest BCUT2D eigenvalue weighted by Crippen LogP contribution is -2.46. The highest BCUT2D eigenvalue weighted by Crippen LogP contribution is 2.32. The number of cyclic esters (lactones) is 1. The molecule has 2 aliphatic heterocycles. The predicted octanol–water partition coefficient (Wildman–Crippen LogP) is 3.93. The van der Waals surface area contributed by atoms with E-state index >= 15 is 0 Å². The van der Waals surface area contributed by atoms with Crippen LogP contribution in [0.25, 0.3) is 10.9 Å². The third-order valence-electron chi connectivity index (χ3n) is 6.50. The van der Waals surface area contributed by atoms with E-state index in [2.05, 4.69) is 29.4 Å². The summed E-state index contributed by atoms with van der Waals surface area (Å²) in [5, 5.41) is 7.44. The van der Waals surface area contributed by atoms with Crippen LogP contribution < -0.4 is 15.5 Å². The third kappa shape index (κ3) is 5.74. The molecule has 2 fully saturated rings. The van der Waals surface area contributed by atoms with Gasteiger partial charge in [-0.25, -0.2) is 14.6 Å². The van der Waals surface area contributed by atoms with Crippen LogP contribution in [-0.2, 0) is 9.47 Å². The molecule has 196 valence electrons. The van der Waals surface area contributed by atoms with Gasteiger partial charge in [0.05, 0.1) is 11.1 Å². The molecule has 0 radical (unpaired) electrons. The Hall–Kier alpha value is -3.30. The minimum atomic E-state index is -0.538.